The summed E-state index contributed by atoms with van der Waals surface area (Å²) in [5.41, 5.74) is 1.52. The SMILES string of the molecule is C=Cc1cc(C(=O)OCC)cc2ccccc12. The van der Waals surface area contributed by atoms with Gasteiger partial charge in [0.2, 0.25) is 0 Å². The number of rotatable bonds is 3. The molecule has 0 amide bonds. The highest BCUT2D eigenvalue weighted by molar-refractivity contribution is 5.99. The molecule has 0 aromatic heterocycles. The van der Waals surface area contributed by atoms with Gasteiger partial charge in [-0.1, -0.05) is 36.9 Å². The minimum atomic E-state index is -0.290. The van der Waals surface area contributed by atoms with Gasteiger partial charge >= 0.3 is 5.97 Å². The van der Waals surface area contributed by atoms with Crippen LogP contribution < -0.4 is 0 Å². The number of fused-ring (bicyclic) bond motifs is 1. The van der Waals surface area contributed by atoms with E-state index in [9.17, 15) is 4.79 Å². The largest absolute Gasteiger partial charge is 0.462 e. The molecule has 0 bridgehead atoms. The van der Waals surface area contributed by atoms with Crippen LogP contribution in [0, 0.1) is 0 Å². The van der Waals surface area contributed by atoms with Crippen molar-refractivity contribution in [3.63, 3.8) is 0 Å². The third-order valence-electron chi connectivity index (χ3n) is 2.62. The molecule has 0 radical (unpaired) electrons. The summed E-state index contributed by atoms with van der Waals surface area (Å²) in [5, 5.41) is 2.11. The molecular weight excluding hydrogens is 212 g/mol. The Kier molecular flexibility index (Phi) is 3.24. The third kappa shape index (κ3) is 2.21. The summed E-state index contributed by atoms with van der Waals surface area (Å²) in [6.07, 6.45) is 1.76. The van der Waals surface area contributed by atoms with Crippen LogP contribution in [0.15, 0.2) is 43.0 Å². The Morgan fingerprint density at radius 2 is 2.12 bits per heavy atom. The van der Waals surface area contributed by atoms with E-state index in [-0.39, 0.29) is 5.97 Å². The molecule has 0 unspecified atom stereocenters. The van der Waals surface area contributed by atoms with Crippen LogP contribution in [0.2, 0.25) is 0 Å². The lowest BCUT2D eigenvalue weighted by Gasteiger charge is -2.07. The van der Waals surface area contributed by atoms with Gasteiger partial charge in [-0.2, -0.15) is 0 Å². The Balaban J connectivity index is 2.60. The van der Waals surface area contributed by atoms with Gasteiger partial charge in [0.05, 0.1) is 12.2 Å². The number of carbonyl (C=O) groups excluding carboxylic acids is 1. The zero-order valence-corrected chi connectivity index (χ0v) is 9.77. The maximum Gasteiger partial charge on any atom is 0.338 e. The summed E-state index contributed by atoms with van der Waals surface area (Å²) >= 11 is 0. The Bertz CT molecular complexity index is 570. The summed E-state index contributed by atoms with van der Waals surface area (Å²) in [7, 11) is 0. The van der Waals surface area contributed by atoms with Crippen LogP contribution in [-0.2, 0) is 4.74 Å². The Morgan fingerprint density at radius 1 is 1.35 bits per heavy atom. The van der Waals surface area contributed by atoms with Crippen LogP contribution in [0.4, 0.5) is 0 Å². The second-order valence-corrected chi connectivity index (χ2v) is 3.71. The Morgan fingerprint density at radius 3 is 2.82 bits per heavy atom. The van der Waals surface area contributed by atoms with E-state index in [1.807, 2.05) is 36.4 Å². The summed E-state index contributed by atoms with van der Waals surface area (Å²) < 4.78 is 5.00. The molecular formula is C15H14O2. The van der Waals surface area contributed by atoms with Gasteiger partial charge in [0, 0.05) is 0 Å². The van der Waals surface area contributed by atoms with E-state index in [4.69, 9.17) is 4.74 Å². The Labute approximate surface area is 101 Å². The second-order valence-electron chi connectivity index (χ2n) is 3.71. The summed E-state index contributed by atoms with van der Waals surface area (Å²) in [6.45, 7) is 5.96. The molecule has 2 heteroatoms. The van der Waals surface area contributed by atoms with E-state index < -0.39 is 0 Å². The van der Waals surface area contributed by atoms with Crippen molar-refractivity contribution < 1.29 is 9.53 Å². The van der Waals surface area contributed by atoms with Crippen LogP contribution in [0.5, 0.6) is 0 Å². The van der Waals surface area contributed by atoms with Crippen molar-refractivity contribution in [2.75, 3.05) is 6.61 Å². The highest BCUT2D eigenvalue weighted by atomic mass is 16.5. The fraction of sp³-hybridized carbons (Fsp3) is 0.133. The van der Waals surface area contributed by atoms with Gasteiger partial charge in [-0.25, -0.2) is 4.79 Å². The number of carbonyl (C=O) groups is 1. The normalized spacial score (nSPS) is 10.2. The maximum absolute atomic E-state index is 11.7. The van der Waals surface area contributed by atoms with Crippen molar-refractivity contribution in [2.45, 2.75) is 6.92 Å². The molecule has 0 N–H and O–H groups in total. The van der Waals surface area contributed by atoms with Gasteiger partial charge in [-0.05, 0) is 35.4 Å². The molecule has 0 aliphatic heterocycles. The molecule has 17 heavy (non-hydrogen) atoms. The van der Waals surface area contributed by atoms with E-state index in [0.29, 0.717) is 12.2 Å². The van der Waals surface area contributed by atoms with Crippen molar-refractivity contribution in [1.82, 2.24) is 0 Å². The number of hydrogen-bond donors (Lipinski definition) is 0. The standard InChI is InChI=1S/C15H14O2/c1-3-11-9-13(15(16)17-4-2)10-12-7-5-6-8-14(11)12/h3,5-10H,1,4H2,2H3. The topological polar surface area (TPSA) is 26.3 Å². The predicted octanol–water partition coefficient (Wildman–Crippen LogP) is 3.66. The lowest BCUT2D eigenvalue weighted by atomic mass is 10.0. The van der Waals surface area contributed by atoms with Crippen molar-refractivity contribution in [3.05, 3.63) is 54.1 Å². The molecule has 2 nitrogen and oxygen atoms in total. The minimum absolute atomic E-state index is 0.290. The van der Waals surface area contributed by atoms with E-state index >= 15 is 0 Å². The van der Waals surface area contributed by atoms with Gasteiger partial charge in [0.1, 0.15) is 0 Å². The molecule has 0 spiro atoms. The summed E-state index contributed by atoms with van der Waals surface area (Å²) in [6, 6.07) is 11.6. The fourth-order valence-corrected chi connectivity index (χ4v) is 1.84. The van der Waals surface area contributed by atoms with Crippen molar-refractivity contribution in [2.24, 2.45) is 0 Å². The molecule has 0 aliphatic rings. The van der Waals surface area contributed by atoms with Gasteiger partial charge < -0.3 is 4.74 Å². The van der Waals surface area contributed by atoms with Crippen LogP contribution in [0.25, 0.3) is 16.8 Å². The quantitative estimate of drug-likeness (QED) is 0.746. The number of ether oxygens (including phenoxy) is 1. The molecule has 0 saturated heterocycles. The molecule has 0 atom stereocenters. The van der Waals surface area contributed by atoms with Crippen LogP contribution in [0.3, 0.4) is 0 Å². The fourth-order valence-electron chi connectivity index (χ4n) is 1.84. The lowest BCUT2D eigenvalue weighted by Crippen LogP contribution is -2.04. The van der Waals surface area contributed by atoms with Gasteiger partial charge in [0.15, 0.2) is 0 Å². The first-order chi connectivity index (χ1) is 8.26. The van der Waals surface area contributed by atoms with E-state index in [2.05, 4.69) is 6.58 Å². The van der Waals surface area contributed by atoms with Crippen molar-refractivity contribution in [1.29, 1.82) is 0 Å². The molecule has 2 aromatic rings. The third-order valence-corrected chi connectivity index (χ3v) is 2.62. The smallest absolute Gasteiger partial charge is 0.338 e. The van der Waals surface area contributed by atoms with Gasteiger partial charge in [-0.3, -0.25) is 0 Å². The van der Waals surface area contributed by atoms with Crippen LogP contribution in [-0.4, -0.2) is 12.6 Å². The van der Waals surface area contributed by atoms with Gasteiger partial charge in [0.25, 0.3) is 0 Å². The molecule has 2 rings (SSSR count). The van der Waals surface area contributed by atoms with Crippen LogP contribution >= 0.6 is 0 Å². The van der Waals surface area contributed by atoms with Crippen LogP contribution in [0.1, 0.15) is 22.8 Å². The number of hydrogen-bond acceptors (Lipinski definition) is 2. The molecule has 2 aromatic carbocycles. The van der Waals surface area contributed by atoms with Crippen molar-refractivity contribution >= 4 is 22.8 Å². The first-order valence-corrected chi connectivity index (χ1v) is 5.58. The zero-order valence-electron chi connectivity index (χ0n) is 9.77. The number of benzene rings is 2. The summed E-state index contributed by atoms with van der Waals surface area (Å²) in [5.74, 6) is -0.290. The average molecular weight is 226 g/mol. The van der Waals surface area contributed by atoms with E-state index in [1.165, 1.54) is 0 Å². The van der Waals surface area contributed by atoms with Gasteiger partial charge in [-0.15, -0.1) is 0 Å². The Hall–Kier alpha value is -2.09. The zero-order chi connectivity index (χ0) is 12.3. The first-order valence-electron chi connectivity index (χ1n) is 5.58. The monoisotopic (exact) mass is 226 g/mol. The highest BCUT2D eigenvalue weighted by Crippen LogP contribution is 2.22. The van der Waals surface area contributed by atoms with Crippen molar-refractivity contribution in [3.8, 4) is 0 Å². The molecule has 0 aliphatic carbocycles. The van der Waals surface area contributed by atoms with E-state index in [0.717, 1.165) is 16.3 Å². The molecule has 86 valence electrons. The first kappa shape index (κ1) is 11.4. The minimum Gasteiger partial charge on any atom is -0.462 e. The second kappa shape index (κ2) is 4.83. The predicted molar refractivity (Wildman–Crippen MR) is 70.0 cm³/mol. The molecule has 0 saturated carbocycles. The molecule has 0 fully saturated rings. The molecule has 0 heterocycles. The maximum atomic E-state index is 11.7. The highest BCUT2D eigenvalue weighted by Gasteiger charge is 2.09. The summed E-state index contributed by atoms with van der Waals surface area (Å²) in [4.78, 5) is 11.7. The number of esters is 1. The lowest BCUT2D eigenvalue weighted by molar-refractivity contribution is 0.0526. The average Bonchev–Trinajstić information content (AvgIpc) is 2.37. The van der Waals surface area contributed by atoms with E-state index in [1.54, 1.807) is 13.0 Å².